The molecule has 1 unspecified atom stereocenters. The molecule has 3 N–H and O–H groups in total. The van der Waals surface area contributed by atoms with Crippen LogP contribution >= 0.6 is 0 Å². The highest BCUT2D eigenvalue weighted by Gasteiger charge is 2.32. The number of nitrogens with zero attached hydrogens (tertiary/aromatic N) is 2. The van der Waals surface area contributed by atoms with E-state index in [2.05, 4.69) is 68.4 Å². The van der Waals surface area contributed by atoms with Gasteiger partial charge >= 0.3 is 12.0 Å². The Morgan fingerprint density at radius 3 is 2.35 bits per heavy atom. The first-order valence-electron chi connectivity index (χ1n) is 17.5. The van der Waals surface area contributed by atoms with E-state index in [1.54, 1.807) is 18.9 Å². The van der Waals surface area contributed by atoms with Gasteiger partial charge in [-0.2, -0.15) is 0 Å². The van der Waals surface area contributed by atoms with Crippen LogP contribution in [0.1, 0.15) is 80.6 Å². The molecule has 3 amide bonds. The number of carbonyl (C=O) groups excluding carboxylic acids is 3. The molecule has 12 nitrogen and oxygen atoms in total. The monoisotopic (exact) mass is 680 g/mol. The van der Waals surface area contributed by atoms with E-state index < -0.39 is 29.8 Å². The maximum atomic E-state index is 13.0. The number of allylic oxidation sites excluding steroid dienone is 3. The van der Waals surface area contributed by atoms with Gasteiger partial charge in [0.1, 0.15) is 12.1 Å². The van der Waals surface area contributed by atoms with Crippen LogP contribution in [0.15, 0.2) is 23.8 Å². The number of aliphatic hydroxyl groups is 1. The van der Waals surface area contributed by atoms with E-state index in [-0.39, 0.29) is 55.6 Å². The molecule has 48 heavy (non-hydrogen) atoms. The van der Waals surface area contributed by atoms with Crippen molar-refractivity contribution in [3.05, 3.63) is 23.8 Å². The first-order chi connectivity index (χ1) is 22.6. The molecule has 0 bridgehead atoms. The van der Waals surface area contributed by atoms with Crippen molar-refractivity contribution >= 4 is 17.9 Å². The van der Waals surface area contributed by atoms with E-state index in [0.717, 1.165) is 37.9 Å². The van der Waals surface area contributed by atoms with Gasteiger partial charge in [-0.1, -0.05) is 32.1 Å². The summed E-state index contributed by atoms with van der Waals surface area (Å²) in [6.45, 7) is 17.3. The Labute approximate surface area is 288 Å². The standard InChI is InChI=1S/C36H64N4O8/c1-24(23-36(6,7)48-28(5)33(45-9)27(4)41)12-11-13-25(2)32-26(3)14-15-29(47-32)22-31(42)38-30(34(43)46-10)16-17-37-35(44)40-20-18-39(8)19-21-40/h11-13,24,26-30,32-33,41H,14-23H2,1-10H3,(H,37,44)(H,38,42)/b12-11+,25-13+/t24-,26+,27-,28?,29-,30+,32-,33+/m1/s1. The summed E-state index contributed by atoms with van der Waals surface area (Å²) in [5.41, 5.74) is 0.678. The number of amides is 3. The van der Waals surface area contributed by atoms with Gasteiger partial charge in [-0.25, -0.2) is 9.59 Å². The van der Waals surface area contributed by atoms with E-state index >= 15 is 0 Å². The molecule has 2 aliphatic rings. The van der Waals surface area contributed by atoms with Gasteiger partial charge in [0.05, 0.1) is 43.5 Å². The number of hydrogen-bond donors (Lipinski definition) is 3. The zero-order valence-corrected chi connectivity index (χ0v) is 31.1. The van der Waals surface area contributed by atoms with Crippen molar-refractivity contribution < 1.29 is 38.4 Å². The van der Waals surface area contributed by atoms with Crippen LogP contribution in [-0.2, 0) is 28.5 Å². The summed E-state index contributed by atoms with van der Waals surface area (Å²) in [7, 11) is 4.90. The van der Waals surface area contributed by atoms with Gasteiger partial charge in [0, 0.05) is 39.8 Å². The summed E-state index contributed by atoms with van der Waals surface area (Å²) in [5.74, 6) is -0.285. The number of methoxy groups -OCH3 is 2. The van der Waals surface area contributed by atoms with Crippen molar-refractivity contribution in [3.63, 3.8) is 0 Å². The molecule has 2 heterocycles. The Hall–Kier alpha value is -2.51. The van der Waals surface area contributed by atoms with Gasteiger partial charge in [-0.05, 0) is 84.8 Å². The van der Waals surface area contributed by atoms with E-state index in [1.807, 2.05) is 14.0 Å². The lowest BCUT2D eigenvalue weighted by Gasteiger charge is -2.35. The average molecular weight is 681 g/mol. The van der Waals surface area contributed by atoms with Crippen molar-refractivity contribution in [1.82, 2.24) is 20.4 Å². The van der Waals surface area contributed by atoms with Crippen molar-refractivity contribution in [2.24, 2.45) is 11.8 Å². The molecule has 0 aromatic carbocycles. The number of urea groups is 1. The molecule has 0 spiro atoms. The molecule has 0 radical (unpaired) electrons. The molecule has 276 valence electrons. The summed E-state index contributed by atoms with van der Waals surface area (Å²) in [4.78, 5) is 41.9. The average Bonchev–Trinajstić information content (AvgIpc) is 3.00. The zero-order valence-electron chi connectivity index (χ0n) is 31.1. The number of ether oxygens (including phenoxy) is 4. The predicted molar refractivity (Wildman–Crippen MR) is 186 cm³/mol. The second-order valence-corrected chi connectivity index (χ2v) is 14.4. The van der Waals surface area contributed by atoms with Gasteiger partial charge in [0.2, 0.25) is 5.91 Å². The SMILES string of the molecule is COC(=O)[C@H](CCNC(=O)N1CCN(C)CC1)NC(=O)C[C@H]1CC[C@H](C)[C@@H](/C(C)=C/C=C/[C@@H](C)CC(C)(C)OC(C)[C@@H](OC)[C@@H](C)O)O1. The number of hydrogen-bond acceptors (Lipinski definition) is 9. The Bertz CT molecular complexity index is 1070. The Kier molecular flexibility index (Phi) is 17.6. The Morgan fingerprint density at radius 1 is 1.08 bits per heavy atom. The maximum absolute atomic E-state index is 13.0. The molecule has 2 aliphatic heterocycles. The minimum Gasteiger partial charge on any atom is -0.467 e. The second-order valence-electron chi connectivity index (χ2n) is 14.4. The lowest BCUT2D eigenvalue weighted by Crippen LogP contribution is -2.51. The fraction of sp³-hybridized carbons (Fsp3) is 0.806. The maximum Gasteiger partial charge on any atom is 0.328 e. The highest BCUT2D eigenvalue weighted by molar-refractivity contribution is 5.84. The molecule has 2 rings (SSSR count). The van der Waals surface area contributed by atoms with Crippen molar-refractivity contribution in [2.75, 3.05) is 54.0 Å². The zero-order chi connectivity index (χ0) is 36.0. The number of piperazine rings is 1. The molecule has 8 atom stereocenters. The first kappa shape index (κ1) is 41.7. The lowest BCUT2D eigenvalue weighted by atomic mass is 9.88. The molecule has 2 saturated heterocycles. The second kappa shape index (κ2) is 20.2. The van der Waals surface area contributed by atoms with Crippen LogP contribution < -0.4 is 10.6 Å². The van der Waals surface area contributed by atoms with Gasteiger partial charge < -0.3 is 44.5 Å². The fourth-order valence-corrected chi connectivity index (χ4v) is 6.75. The largest absolute Gasteiger partial charge is 0.467 e. The van der Waals surface area contributed by atoms with E-state index in [0.29, 0.717) is 19.0 Å². The summed E-state index contributed by atoms with van der Waals surface area (Å²) in [6, 6.07) is -1.03. The van der Waals surface area contributed by atoms with Crippen LogP contribution in [0.4, 0.5) is 4.79 Å². The minimum atomic E-state index is -0.861. The number of rotatable bonds is 17. The molecule has 2 fully saturated rings. The molecule has 0 aliphatic carbocycles. The molecule has 0 aromatic heterocycles. The van der Waals surface area contributed by atoms with Crippen molar-refractivity contribution in [3.8, 4) is 0 Å². The molecule has 12 heteroatoms. The van der Waals surface area contributed by atoms with Gasteiger partial charge in [0.15, 0.2) is 0 Å². The highest BCUT2D eigenvalue weighted by atomic mass is 16.6. The minimum absolute atomic E-state index is 0.121. The third-order valence-corrected chi connectivity index (χ3v) is 9.31. The highest BCUT2D eigenvalue weighted by Crippen LogP contribution is 2.31. The van der Waals surface area contributed by atoms with Crippen LogP contribution in [0.2, 0.25) is 0 Å². The van der Waals surface area contributed by atoms with E-state index in [4.69, 9.17) is 18.9 Å². The van der Waals surface area contributed by atoms with Crippen LogP contribution in [0.25, 0.3) is 0 Å². The summed E-state index contributed by atoms with van der Waals surface area (Å²) in [6.07, 6.45) is 7.45. The smallest absolute Gasteiger partial charge is 0.328 e. The molecule has 0 saturated carbocycles. The normalized spacial score (nSPS) is 24.4. The number of esters is 1. The Morgan fingerprint density at radius 2 is 1.75 bits per heavy atom. The third kappa shape index (κ3) is 14.2. The number of nitrogens with one attached hydrogen (secondary N) is 2. The summed E-state index contributed by atoms with van der Waals surface area (Å²) >= 11 is 0. The van der Waals surface area contributed by atoms with Crippen LogP contribution in [-0.4, -0.2) is 129 Å². The molecular weight excluding hydrogens is 616 g/mol. The number of carbonyl (C=O) groups is 3. The third-order valence-electron chi connectivity index (χ3n) is 9.31. The summed E-state index contributed by atoms with van der Waals surface area (Å²) < 4.78 is 23.0. The van der Waals surface area contributed by atoms with Gasteiger partial charge in [-0.3, -0.25) is 4.79 Å². The van der Waals surface area contributed by atoms with E-state index in [1.165, 1.54) is 7.11 Å². The van der Waals surface area contributed by atoms with Crippen LogP contribution in [0.3, 0.4) is 0 Å². The fourth-order valence-electron chi connectivity index (χ4n) is 6.75. The van der Waals surface area contributed by atoms with Crippen molar-refractivity contribution in [1.29, 1.82) is 0 Å². The van der Waals surface area contributed by atoms with E-state index in [9.17, 15) is 19.5 Å². The van der Waals surface area contributed by atoms with Gasteiger partial charge in [-0.15, -0.1) is 0 Å². The number of likely N-dealkylation sites (N-methyl/N-ethyl adjacent to an activating group) is 1. The number of aliphatic hydroxyl groups excluding tert-OH is 1. The molecular formula is C36H64N4O8. The summed E-state index contributed by atoms with van der Waals surface area (Å²) in [5, 5.41) is 15.6. The first-order valence-corrected chi connectivity index (χ1v) is 17.5. The topological polar surface area (TPSA) is 139 Å². The van der Waals surface area contributed by atoms with Crippen molar-refractivity contribution in [2.45, 2.75) is 123 Å². The molecule has 0 aromatic rings. The van der Waals surface area contributed by atoms with Crippen LogP contribution in [0, 0.1) is 11.8 Å². The Balaban J connectivity index is 1.88. The lowest BCUT2D eigenvalue weighted by molar-refractivity contribution is -0.149. The predicted octanol–water partition coefficient (Wildman–Crippen LogP) is 3.67. The van der Waals surface area contributed by atoms with Crippen LogP contribution in [0.5, 0.6) is 0 Å². The van der Waals surface area contributed by atoms with Gasteiger partial charge in [0.25, 0.3) is 0 Å². The quantitative estimate of drug-likeness (QED) is 0.155.